The van der Waals surface area contributed by atoms with Crippen molar-refractivity contribution < 1.29 is 9.72 Å². The molecule has 0 bridgehead atoms. The fraction of sp³-hybridized carbons (Fsp3) is 0.133. The van der Waals surface area contributed by atoms with Gasteiger partial charge in [-0.2, -0.15) is 0 Å². The van der Waals surface area contributed by atoms with Crippen LogP contribution in [0.5, 0.6) is 0 Å². The summed E-state index contributed by atoms with van der Waals surface area (Å²) in [5, 5.41) is 16.2. The molecular formula is C15H11Cl3IN3O3. The summed E-state index contributed by atoms with van der Waals surface area (Å²) in [6, 6.07) is 12.5. The second-order valence-electron chi connectivity index (χ2n) is 4.91. The van der Waals surface area contributed by atoms with E-state index in [9.17, 15) is 14.9 Å². The summed E-state index contributed by atoms with van der Waals surface area (Å²) < 4.78 is -1.01. The number of benzene rings is 2. The third-order valence-corrected chi connectivity index (χ3v) is 4.38. The van der Waals surface area contributed by atoms with E-state index in [1.165, 1.54) is 18.2 Å². The van der Waals surface area contributed by atoms with Gasteiger partial charge in [0.2, 0.25) is 3.79 Å². The van der Waals surface area contributed by atoms with Gasteiger partial charge >= 0.3 is 0 Å². The third-order valence-electron chi connectivity index (χ3n) is 3.06. The molecule has 0 aliphatic carbocycles. The summed E-state index contributed by atoms with van der Waals surface area (Å²) in [7, 11) is 0. The molecule has 0 saturated heterocycles. The van der Waals surface area contributed by atoms with E-state index >= 15 is 0 Å². The molecule has 0 aromatic heterocycles. The molecule has 1 amide bonds. The molecular weight excluding hydrogens is 503 g/mol. The number of carbonyl (C=O) groups excluding carboxylic acids is 1. The molecule has 2 aromatic carbocycles. The van der Waals surface area contributed by atoms with Gasteiger partial charge in [-0.3, -0.25) is 14.9 Å². The highest BCUT2D eigenvalue weighted by atomic mass is 127. The molecule has 0 spiro atoms. The topological polar surface area (TPSA) is 84.3 Å². The normalized spacial score (nSPS) is 12.3. The van der Waals surface area contributed by atoms with Crippen molar-refractivity contribution >= 4 is 74.7 Å². The molecule has 6 nitrogen and oxygen atoms in total. The molecule has 0 aliphatic rings. The van der Waals surface area contributed by atoms with E-state index in [0.29, 0.717) is 11.3 Å². The number of amides is 1. The number of hydrogen-bond donors (Lipinski definition) is 2. The number of nitro benzene ring substituents is 1. The Morgan fingerprint density at radius 3 is 2.44 bits per heavy atom. The van der Waals surface area contributed by atoms with Crippen molar-refractivity contribution in [2.45, 2.75) is 9.96 Å². The van der Waals surface area contributed by atoms with E-state index in [1.54, 1.807) is 24.3 Å². The number of alkyl halides is 3. The Kier molecular flexibility index (Phi) is 6.72. The van der Waals surface area contributed by atoms with Gasteiger partial charge in [-0.15, -0.1) is 0 Å². The first-order chi connectivity index (χ1) is 11.7. The third kappa shape index (κ3) is 5.88. The zero-order chi connectivity index (χ0) is 18.6. The van der Waals surface area contributed by atoms with Crippen LogP contribution in [-0.2, 0) is 0 Å². The molecule has 2 rings (SSSR count). The summed E-state index contributed by atoms with van der Waals surface area (Å²) in [4.78, 5) is 22.7. The van der Waals surface area contributed by atoms with E-state index in [-0.39, 0.29) is 5.69 Å². The average molecular weight is 515 g/mol. The first kappa shape index (κ1) is 20.0. The maximum Gasteiger partial charge on any atom is 0.271 e. The Bertz CT molecular complexity index is 799. The van der Waals surface area contributed by atoms with Crippen LogP contribution < -0.4 is 10.6 Å². The van der Waals surface area contributed by atoms with Crippen molar-refractivity contribution in [3.05, 3.63) is 67.8 Å². The maximum absolute atomic E-state index is 12.4. The lowest BCUT2D eigenvalue weighted by Gasteiger charge is -2.27. The molecule has 0 fully saturated rings. The number of non-ortho nitro benzene ring substituents is 1. The fourth-order valence-corrected chi connectivity index (χ4v) is 2.79. The van der Waals surface area contributed by atoms with E-state index < -0.39 is 20.8 Å². The molecule has 25 heavy (non-hydrogen) atoms. The van der Waals surface area contributed by atoms with Crippen molar-refractivity contribution in [2.75, 3.05) is 5.32 Å². The van der Waals surface area contributed by atoms with Crippen LogP contribution >= 0.6 is 57.4 Å². The molecule has 2 N–H and O–H groups in total. The Hall–Kier alpha value is -1.29. The fourth-order valence-electron chi connectivity index (χ4n) is 1.92. The number of nitrogens with one attached hydrogen (secondary N) is 2. The summed E-state index contributed by atoms with van der Waals surface area (Å²) in [6.45, 7) is 0. The van der Waals surface area contributed by atoms with Crippen LogP contribution in [0.25, 0.3) is 0 Å². The maximum atomic E-state index is 12.4. The highest BCUT2D eigenvalue weighted by Crippen LogP contribution is 2.32. The van der Waals surface area contributed by atoms with Crippen LogP contribution in [0.1, 0.15) is 10.4 Å². The van der Waals surface area contributed by atoms with Gasteiger partial charge in [0.25, 0.3) is 11.6 Å². The van der Waals surface area contributed by atoms with Crippen LogP contribution in [0.3, 0.4) is 0 Å². The average Bonchev–Trinajstić information content (AvgIpc) is 2.53. The van der Waals surface area contributed by atoms with Crippen molar-refractivity contribution in [1.29, 1.82) is 0 Å². The van der Waals surface area contributed by atoms with Crippen molar-refractivity contribution in [3.8, 4) is 0 Å². The van der Waals surface area contributed by atoms with Crippen molar-refractivity contribution in [1.82, 2.24) is 5.32 Å². The molecule has 0 heterocycles. The predicted molar refractivity (Wildman–Crippen MR) is 107 cm³/mol. The van der Waals surface area contributed by atoms with Gasteiger partial charge in [-0.25, -0.2) is 0 Å². The number of rotatable bonds is 5. The minimum atomic E-state index is -1.89. The molecule has 10 heteroatoms. The summed E-state index contributed by atoms with van der Waals surface area (Å²) >= 11 is 19.9. The predicted octanol–water partition coefficient (Wildman–Crippen LogP) is 4.74. The van der Waals surface area contributed by atoms with Crippen LogP contribution in [0.15, 0.2) is 48.5 Å². The molecule has 0 radical (unpaired) electrons. The minimum absolute atomic E-state index is 0.128. The number of nitrogens with zero attached hydrogens (tertiary/aromatic N) is 1. The van der Waals surface area contributed by atoms with E-state index in [4.69, 9.17) is 34.8 Å². The highest BCUT2D eigenvalue weighted by Gasteiger charge is 2.34. The monoisotopic (exact) mass is 513 g/mol. The van der Waals surface area contributed by atoms with Crippen LogP contribution in [0.2, 0.25) is 0 Å². The molecule has 2 aromatic rings. The smallest absolute Gasteiger partial charge is 0.271 e. The van der Waals surface area contributed by atoms with Gasteiger partial charge in [-0.05, 0) is 46.9 Å². The second kappa shape index (κ2) is 8.39. The zero-order valence-electron chi connectivity index (χ0n) is 12.4. The Morgan fingerprint density at radius 1 is 1.16 bits per heavy atom. The lowest BCUT2D eigenvalue weighted by atomic mass is 10.2. The van der Waals surface area contributed by atoms with E-state index in [0.717, 1.165) is 3.57 Å². The summed E-state index contributed by atoms with van der Waals surface area (Å²) in [5.41, 5.74) is 0.595. The van der Waals surface area contributed by atoms with Crippen molar-refractivity contribution in [2.24, 2.45) is 0 Å². The number of hydrogen-bond acceptors (Lipinski definition) is 4. The Labute approximate surface area is 172 Å². The lowest BCUT2D eigenvalue weighted by Crippen LogP contribution is -2.49. The van der Waals surface area contributed by atoms with Gasteiger partial charge in [0.1, 0.15) is 6.17 Å². The Balaban J connectivity index is 2.21. The van der Waals surface area contributed by atoms with Gasteiger partial charge in [0, 0.05) is 27.0 Å². The molecule has 0 saturated carbocycles. The number of carbonyl (C=O) groups is 1. The molecule has 132 valence electrons. The largest absolute Gasteiger partial charge is 0.362 e. The van der Waals surface area contributed by atoms with Crippen LogP contribution in [0, 0.1) is 13.7 Å². The van der Waals surface area contributed by atoms with Gasteiger partial charge in [0.15, 0.2) is 0 Å². The first-order valence-electron chi connectivity index (χ1n) is 6.81. The Morgan fingerprint density at radius 2 is 1.84 bits per heavy atom. The minimum Gasteiger partial charge on any atom is -0.362 e. The molecule has 0 aliphatic heterocycles. The molecule has 1 atom stereocenters. The summed E-state index contributed by atoms with van der Waals surface area (Å²) in [6.07, 6.45) is -1.11. The van der Waals surface area contributed by atoms with Crippen molar-refractivity contribution in [3.63, 3.8) is 0 Å². The quantitative estimate of drug-likeness (QED) is 0.199. The summed E-state index contributed by atoms with van der Waals surface area (Å²) in [5.74, 6) is -0.451. The second-order valence-corrected chi connectivity index (χ2v) is 8.52. The van der Waals surface area contributed by atoms with Gasteiger partial charge < -0.3 is 10.6 Å². The first-order valence-corrected chi connectivity index (χ1v) is 9.02. The standard InChI is InChI=1S/C15H11Cl3IN3O3/c16-15(17,18)14(20-11-5-2-6-12(8-11)22(24)25)21-13(23)9-3-1-4-10(19)7-9/h1-8,14,20H,(H,21,23). The van der Waals surface area contributed by atoms with Gasteiger partial charge in [-0.1, -0.05) is 46.9 Å². The zero-order valence-corrected chi connectivity index (χ0v) is 16.8. The number of anilines is 1. The number of halogens is 4. The lowest BCUT2D eigenvalue weighted by molar-refractivity contribution is -0.384. The van der Waals surface area contributed by atoms with Crippen LogP contribution in [0.4, 0.5) is 11.4 Å². The highest BCUT2D eigenvalue weighted by molar-refractivity contribution is 14.1. The van der Waals surface area contributed by atoms with Crippen LogP contribution in [-0.4, -0.2) is 20.8 Å². The molecule has 1 unspecified atom stereocenters. The van der Waals surface area contributed by atoms with E-state index in [1.807, 2.05) is 6.07 Å². The van der Waals surface area contributed by atoms with E-state index in [2.05, 4.69) is 33.2 Å². The number of nitro groups is 1. The van der Waals surface area contributed by atoms with Gasteiger partial charge in [0.05, 0.1) is 4.92 Å². The SMILES string of the molecule is O=C(NC(Nc1cccc([N+](=O)[O-])c1)C(Cl)(Cl)Cl)c1cccc(I)c1.